The number of ether oxygens (including phenoxy) is 1. The molecule has 0 aromatic carbocycles. The van der Waals surface area contributed by atoms with Crippen LogP contribution in [0.4, 0.5) is 0 Å². The number of rotatable bonds is 5. The van der Waals surface area contributed by atoms with Gasteiger partial charge in [-0.25, -0.2) is 0 Å². The number of aromatic nitrogens is 3. The lowest BCUT2D eigenvalue weighted by molar-refractivity contribution is 0.300. The molecule has 3 aromatic heterocycles. The van der Waals surface area contributed by atoms with E-state index in [9.17, 15) is 0 Å². The number of pyridine rings is 3. The molecule has 3 rings (SSSR count). The Kier molecular flexibility index (Phi) is 4.52. The van der Waals surface area contributed by atoms with E-state index < -0.39 is 0 Å². The molecule has 22 heavy (non-hydrogen) atoms. The topological polar surface area (TPSA) is 47.9 Å². The molecule has 0 spiro atoms. The lowest BCUT2D eigenvalue weighted by atomic mass is 10.2. The Hall–Kier alpha value is -3.01. The van der Waals surface area contributed by atoms with Crippen molar-refractivity contribution in [3.63, 3.8) is 0 Å². The molecule has 0 amide bonds. The third-order valence-corrected chi connectivity index (χ3v) is 3.02. The highest BCUT2D eigenvalue weighted by atomic mass is 16.5. The van der Waals surface area contributed by atoms with Gasteiger partial charge in [0, 0.05) is 24.8 Å². The van der Waals surface area contributed by atoms with Gasteiger partial charge in [0.2, 0.25) is 0 Å². The molecule has 0 radical (unpaired) electrons. The zero-order valence-electron chi connectivity index (χ0n) is 12.0. The van der Waals surface area contributed by atoms with Crippen LogP contribution in [0.25, 0.3) is 12.2 Å². The lowest BCUT2D eigenvalue weighted by Crippen LogP contribution is -1.98. The van der Waals surface area contributed by atoms with E-state index in [-0.39, 0.29) is 0 Å². The Balaban J connectivity index is 1.66. The molecule has 4 nitrogen and oxygen atoms in total. The highest BCUT2D eigenvalue weighted by Gasteiger charge is 1.98. The SMILES string of the molecule is C(=Cc1cncc(OCc2ccccn2)c1)c1ccncc1. The van der Waals surface area contributed by atoms with Gasteiger partial charge in [0.15, 0.2) is 0 Å². The Morgan fingerprint density at radius 2 is 1.73 bits per heavy atom. The minimum Gasteiger partial charge on any atom is -0.486 e. The third-order valence-electron chi connectivity index (χ3n) is 3.02. The molecular formula is C18H15N3O. The second-order valence-electron chi connectivity index (χ2n) is 4.68. The van der Waals surface area contributed by atoms with Gasteiger partial charge in [-0.2, -0.15) is 0 Å². The molecule has 0 bridgehead atoms. The highest BCUT2D eigenvalue weighted by molar-refractivity contribution is 5.69. The fraction of sp³-hybridized carbons (Fsp3) is 0.0556. The summed E-state index contributed by atoms with van der Waals surface area (Å²) in [7, 11) is 0. The molecule has 4 heteroatoms. The van der Waals surface area contributed by atoms with E-state index in [1.807, 2.05) is 48.6 Å². The summed E-state index contributed by atoms with van der Waals surface area (Å²) in [5.74, 6) is 0.725. The number of nitrogens with zero attached hydrogens (tertiary/aromatic N) is 3. The van der Waals surface area contributed by atoms with Crippen LogP contribution in [0.3, 0.4) is 0 Å². The molecule has 0 N–H and O–H groups in total. The monoisotopic (exact) mass is 289 g/mol. The summed E-state index contributed by atoms with van der Waals surface area (Å²) in [4.78, 5) is 12.4. The fourth-order valence-corrected chi connectivity index (χ4v) is 1.91. The maximum absolute atomic E-state index is 5.72. The molecule has 0 aliphatic heterocycles. The van der Waals surface area contributed by atoms with Gasteiger partial charge in [0.05, 0.1) is 11.9 Å². The molecule has 0 fully saturated rings. The number of hydrogen-bond acceptors (Lipinski definition) is 4. The molecule has 108 valence electrons. The van der Waals surface area contributed by atoms with Gasteiger partial charge in [-0.05, 0) is 41.5 Å². The third kappa shape index (κ3) is 3.99. The van der Waals surface area contributed by atoms with Crippen molar-refractivity contribution in [1.82, 2.24) is 15.0 Å². The second kappa shape index (κ2) is 7.13. The first kappa shape index (κ1) is 13.9. The van der Waals surface area contributed by atoms with Gasteiger partial charge in [0.1, 0.15) is 12.4 Å². The van der Waals surface area contributed by atoms with Crippen LogP contribution in [0.15, 0.2) is 67.4 Å². The minimum atomic E-state index is 0.431. The van der Waals surface area contributed by atoms with E-state index in [1.54, 1.807) is 31.0 Å². The molecule has 0 aliphatic carbocycles. The van der Waals surface area contributed by atoms with Gasteiger partial charge < -0.3 is 4.74 Å². The number of hydrogen-bond donors (Lipinski definition) is 0. The first-order chi connectivity index (χ1) is 10.9. The summed E-state index contributed by atoms with van der Waals surface area (Å²) >= 11 is 0. The van der Waals surface area contributed by atoms with E-state index in [0.29, 0.717) is 6.61 Å². The maximum Gasteiger partial charge on any atom is 0.138 e. The van der Waals surface area contributed by atoms with Crippen molar-refractivity contribution in [3.05, 3.63) is 84.2 Å². The largest absolute Gasteiger partial charge is 0.486 e. The quantitative estimate of drug-likeness (QED) is 0.719. The molecule has 0 atom stereocenters. The molecule has 3 heterocycles. The van der Waals surface area contributed by atoms with Crippen molar-refractivity contribution in [3.8, 4) is 5.75 Å². The van der Waals surface area contributed by atoms with Crippen molar-refractivity contribution in [2.75, 3.05) is 0 Å². The molecule has 0 aliphatic rings. The van der Waals surface area contributed by atoms with Crippen molar-refractivity contribution in [2.24, 2.45) is 0 Å². The zero-order chi connectivity index (χ0) is 15.0. The molecular weight excluding hydrogens is 274 g/mol. The van der Waals surface area contributed by atoms with E-state index in [0.717, 1.165) is 22.6 Å². The van der Waals surface area contributed by atoms with Crippen LogP contribution >= 0.6 is 0 Å². The van der Waals surface area contributed by atoms with Crippen LogP contribution in [0.2, 0.25) is 0 Å². The fourth-order valence-electron chi connectivity index (χ4n) is 1.91. The van der Waals surface area contributed by atoms with Gasteiger partial charge >= 0.3 is 0 Å². The standard InChI is InChI=1S/C18H15N3O/c1-2-8-21-17(3-1)14-22-18-11-16(12-20-13-18)5-4-15-6-9-19-10-7-15/h1-13H,14H2. The second-order valence-corrected chi connectivity index (χ2v) is 4.68. The van der Waals surface area contributed by atoms with E-state index in [4.69, 9.17) is 4.74 Å². The Morgan fingerprint density at radius 1 is 0.864 bits per heavy atom. The van der Waals surface area contributed by atoms with Crippen molar-refractivity contribution < 1.29 is 4.74 Å². The summed E-state index contributed by atoms with van der Waals surface area (Å²) in [5.41, 5.74) is 2.96. The van der Waals surface area contributed by atoms with E-state index in [1.165, 1.54) is 0 Å². The molecule has 0 saturated heterocycles. The summed E-state index contributed by atoms with van der Waals surface area (Å²) in [6.07, 6.45) is 12.8. The van der Waals surface area contributed by atoms with Crippen LogP contribution in [-0.4, -0.2) is 15.0 Å². The van der Waals surface area contributed by atoms with Gasteiger partial charge in [-0.3, -0.25) is 15.0 Å². The normalized spacial score (nSPS) is 10.7. The Bertz CT molecular complexity index is 743. The molecule has 3 aromatic rings. The van der Waals surface area contributed by atoms with Crippen LogP contribution in [-0.2, 0) is 6.61 Å². The summed E-state index contributed by atoms with van der Waals surface area (Å²) in [6, 6.07) is 11.6. The smallest absolute Gasteiger partial charge is 0.138 e. The highest BCUT2D eigenvalue weighted by Crippen LogP contribution is 2.15. The Labute approximate surface area is 129 Å². The lowest BCUT2D eigenvalue weighted by Gasteiger charge is -2.05. The van der Waals surface area contributed by atoms with Crippen LogP contribution < -0.4 is 4.74 Å². The van der Waals surface area contributed by atoms with E-state index >= 15 is 0 Å². The predicted molar refractivity (Wildman–Crippen MR) is 86.0 cm³/mol. The van der Waals surface area contributed by atoms with Crippen LogP contribution in [0, 0.1) is 0 Å². The first-order valence-corrected chi connectivity index (χ1v) is 6.96. The van der Waals surface area contributed by atoms with Crippen molar-refractivity contribution in [1.29, 1.82) is 0 Å². The minimum absolute atomic E-state index is 0.431. The summed E-state index contributed by atoms with van der Waals surface area (Å²) in [6.45, 7) is 0.431. The zero-order valence-corrected chi connectivity index (χ0v) is 12.0. The van der Waals surface area contributed by atoms with Crippen molar-refractivity contribution >= 4 is 12.2 Å². The van der Waals surface area contributed by atoms with Crippen LogP contribution in [0.5, 0.6) is 5.75 Å². The van der Waals surface area contributed by atoms with Gasteiger partial charge in [0.25, 0.3) is 0 Å². The first-order valence-electron chi connectivity index (χ1n) is 6.96. The average Bonchev–Trinajstić information content (AvgIpc) is 2.60. The molecule has 0 unspecified atom stereocenters. The maximum atomic E-state index is 5.72. The van der Waals surface area contributed by atoms with Gasteiger partial charge in [-0.1, -0.05) is 18.2 Å². The molecule has 0 saturated carbocycles. The van der Waals surface area contributed by atoms with E-state index in [2.05, 4.69) is 15.0 Å². The average molecular weight is 289 g/mol. The Morgan fingerprint density at radius 3 is 2.55 bits per heavy atom. The van der Waals surface area contributed by atoms with Crippen LogP contribution in [0.1, 0.15) is 16.8 Å². The summed E-state index contributed by atoms with van der Waals surface area (Å²) < 4.78 is 5.72. The summed E-state index contributed by atoms with van der Waals surface area (Å²) in [5, 5.41) is 0. The van der Waals surface area contributed by atoms with Crippen molar-refractivity contribution in [2.45, 2.75) is 6.61 Å². The van der Waals surface area contributed by atoms with Gasteiger partial charge in [-0.15, -0.1) is 0 Å². The predicted octanol–water partition coefficient (Wildman–Crippen LogP) is 3.62.